The number of nitrogens with zero attached hydrogens (tertiary/aromatic N) is 5. The Morgan fingerprint density at radius 2 is 1.05 bits per heavy atom. The van der Waals surface area contributed by atoms with Crippen molar-refractivity contribution >= 4 is 95.1 Å². The van der Waals surface area contributed by atoms with Gasteiger partial charge in [0.1, 0.15) is 11.3 Å². The standard InChI is InChI=1S/C59H43N5Si/c1-59(2)51-28-13-15-30-54(51)63(40-18-6-3-7-19-40)56-39-55-49(38-52(56)59)48-27-17-33-60-58(48)64(55)41-20-16-25-44(36-41)65(42-21-8-4-9-22-42,43-23-10-5-11-24-43)45-31-32-46-47-26-12-14-29-53(47)62-35-34-61-57(62)50(46)37-45/h3-39H,1-2H3. The van der Waals surface area contributed by atoms with Crippen LogP contribution in [0.25, 0.3) is 54.9 Å². The Bertz CT molecular complexity index is 3780. The van der Waals surface area contributed by atoms with Crippen molar-refractivity contribution in [2.45, 2.75) is 19.3 Å². The number of para-hydroxylation sites is 3. The molecule has 4 aromatic heterocycles. The highest BCUT2D eigenvalue weighted by molar-refractivity contribution is 7.20. The Hall–Kier alpha value is -8.06. The molecule has 0 bridgehead atoms. The van der Waals surface area contributed by atoms with Gasteiger partial charge in [-0.25, -0.2) is 9.97 Å². The monoisotopic (exact) mass is 849 g/mol. The Balaban J connectivity index is 1.10. The number of benzene rings is 8. The van der Waals surface area contributed by atoms with Crippen molar-refractivity contribution in [2.24, 2.45) is 0 Å². The van der Waals surface area contributed by atoms with E-state index in [-0.39, 0.29) is 5.41 Å². The molecule has 5 heterocycles. The lowest BCUT2D eigenvalue weighted by molar-refractivity contribution is 0.633. The molecule has 12 aromatic rings. The minimum atomic E-state index is -3.05. The highest BCUT2D eigenvalue weighted by Crippen LogP contribution is 2.53. The highest BCUT2D eigenvalue weighted by Gasteiger charge is 2.42. The van der Waals surface area contributed by atoms with Crippen LogP contribution in [0.5, 0.6) is 0 Å². The van der Waals surface area contributed by atoms with E-state index in [9.17, 15) is 0 Å². The van der Waals surface area contributed by atoms with Gasteiger partial charge in [-0.1, -0.05) is 159 Å². The summed E-state index contributed by atoms with van der Waals surface area (Å²) in [4.78, 5) is 12.6. The Kier molecular flexibility index (Phi) is 8.20. The molecule has 0 radical (unpaired) electrons. The van der Waals surface area contributed by atoms with Crippen molar-refractivity contribution in [3.63, 3.8) is 0 Å². The SMILES string of the molecule is CC1(C)c2ccccc2N(c2ccccc2)c2cc3c(cc21)c1cccnc1n3-c1cccc([Si](c2ccccc2)(c2ccccc2)c2ccc3c4ccccc4n4ccnc4c3c2)c1. The summed E-state index contributed by atoms with van der Waals surface area (Å²) in [5.74, 6) is 0. The van der Waals surface area contributed by atoms with Gasteiger partial charge in [-0.05, 0) is 97.9 Å². The van der Waals surface area contributed by atoms with Crippen LogP contribution < -0.4 is 25.6 Å². The number of hydrogen-bond acceptors (Lipinski definition) is 3. The fraction of sp³-hybridized carbons (Fsp3) is 0.0508. The fourth-order valence-electron chi connectivity index (χ4n) is 11.2. The Morgan fingerprint density at radius 1 is 0.400 bits per heavy atom. The van der Waals surface area contributed by atoms with E-state index < -0.39 is 8.07 Å². The van der Waals surface area contributed by atoms with Crippen LogP contribution in [-0.4, -0.2) is 27.0 Å². The molecule has 5 nitrogen and oxygen atoms in total. The molecule has 0 spiro atoms. The summed E-state index contributed by atoms with van der Waals surface area (Å²) < 4.78 is 4.64. The molecule has 0 N–H and O–H groups in total. The second kappa shape index (κ2) is 14.2. The van der Waals surface area contributed by atoms with E-state index in [1.54, 1.807) is 0 Å². The summed E-state index contributed by atoms with van der Waals surface area (Å²) in [5.41, 5.74) is 11.1. The van der Waals surface area contributed by atoms with E-state index in [2.05, 4.69) is 240 Å². The zero-order chi connectivity index (χ0) is 43.3. The molecule has 65 heavy (non-hydrogen) atoms. The number of fused-ring (bicyclic) bond motifs is 11. The van der Waals surface area contributed by atoms with Crippen LogP contribution in [0.3, 0.4) is 0 Å². The summed E-state index contributed by atoms with van der Waals surface area (Å²) in [6.07, 6.45) is 5.94. The molecule has 308 valence electrons. The van der Waals surface area contributed by atoms with Crippen molar-refractivity contribution in [3.8, 4) is 5.69 Å². The van der Waals surface area contributed by atoms with Crippen LogP contribution in [0, 0.1) is 0 Å². The van der Waals surface area contributed by atoms with E-state index in [0.717, 1.165) is 44.5 Å². The van der Waals surface area contributed by atoms with Crippen molar-refractivity contribution in [2.75, 3.05) is 4.90 Å². The van der Waals surface area contributed by atoms with Crippen LogP contribution in [0.15, 0.2) is 225 Å². The first-order chi connectivity index (χ1) is 32.0. The normalized spacial score (nSPS) is 13.5. The van der Waals surface area contributed by atoms with E-state index in [1.165, 1.54) is 59.4 Å². The zero-order valence-corrected chi connectivity index (χ0v) is 37.1. The summed E-state index contributed by atoms with van der Waals surface area (Å²) in [6, 6.07) is 76.5. The van der Waals surface area contributed by atoms with Gasteiger partial charge in [0.15, 0.2) is 8.07 Å². The number of pyridine rings is 2. The van der Waals surface area contributed by atoms with Gasteiger partial charge in [-0.2, -0.15) is 0 Å². The van der Waals surface area contributed by atoms with Gasteiger partial charge in [0.2, 0.25) is 0 Å². The van der Waals surface area contributed by atoms with Gasteiger partial charge < -0.3 is 4.90 Å². The lowest BCUT2D eigenvalue weighted by Gasteiger charge is -2.42. The number of aromatic nitrogens is 4. The molecule has 0 aliphatic carbocycles. The first-order valence-electron chi connectivity index (χ1n) is 22.4. The number of hydrogen-bond donors (Lipinski definition) is 0. The molecule has 1 aliphatic rings. The maximum absolute atomic E-state index is 5.18. The van der Waals surface area contributed by atoms with Gasteiger partial charge in [-0.3, -0.25) is 8.97 Å². The summed E-state index contributed by atoms with van der Waals surface area (Å²) in [6.45, 7) is 4.73. The van der Waals surface area contributed by atoms with E-state index in [0.29, 0.717) is 0 Å². The summed E-state index contributed by atoms with van der Waals surface area (Å²) >= 11 is 0. The van der Waals surface area contributed by atoms with Gasteiger partial charge in [-0.15, -0.1) is 0 Å². The van der Waals surface area contributed by atoms with Gasteiger partial charge in [0.05, 0.1) is 22.4 Å². The first kappa shape index (κ1) is 37.5. The lowest BCUT2D eigenvalue weighted by atomic mass is 9.73. The van der Waals surface area contributed by atoms with Gasteiger partial charge in [0, 0.05) is 56.9 Å². The van der Waals surface area contributed by atoms with Crippen molar-refractivity contribution in [1.29, 1.82) is 0 Å². The average Bonchev–Trinajstić information content (AvgIpc) is 3.99. The summed E-state index contributed by atoms with van der Waals surface area (Å²) in [7, 11) is -3.05. The third-order valence-electron chi connectivity index (χ3n) is 14.1. The Morgan fingerprint density at radius 3 is 1.85 bits per heavy atom. The molecule has 13 rings (SSSR count). The minimum Gasteiger partial charge on any atom is -0.310 e. The molecule has 8 aromatic carbocycles. The summed E-state index contributed by atoms with van der Waals surface area (Å²) in [5, 5.41) is 11.1. The maximum atomic E-state index is 5.18. The van der Waals surface area contributed by atoms with Crippen molar-refractivity contribution in [3.05, 3.63) is 236 Å². The topological polar surface area (TPSA) is 38.4 Å². The van der Waals surface area contributed by atoms with Crippen LogP contribution in [0.1, 0.15) is 25.0 Å². The van der Waals surface area contributed by atoms with Crippen LogP contribution in [-0.2, 0) is 5.41 Å². The average molecular weight is 850 g/mol. The predicted octanol–water partition coefficient (Wildman–Crippen LogP) is 11.6. The van der Waals surface area contributed by atoms with Gasteiger partial charge in [0.25, 0.3) is 0 Å². The molecule has 0 amide bonds. The minimum absolute atomic E-state index is 0.243. The predicted molar refractivity (Wildman–Crippen MR) is 273 cm³/mol. The van der Waals surface area contributed by atoms with Crippen LogP contribution in [0.2, 0.25) is 0 Å². The van der Waals surface area contributed by atoms with Gasteiger partial charge >= 0.3 is 0 Å². The molecular weight excluding hydrogens is 807 g/mol. The molecule has 6 heteroatoms. The lowest BCUT2D eigenvalue weighted by Crippen LogP contribution is -2.74. The Labute approximate surface area is 378 Å². The molecule has 0 saturated carbocycles. The maximum Gasteiger partial charge on any atom is 0.179 e. The second-order valence-corrected chi connectivity index (χ2v) is 21.6. The largest absolute Gasteiger partial charge is 0.310 e. The molecule has 1 aliphatic heterocycles. The van der Waals surface area contributed by atoms with E-state index >= 15 is 0 Å². The second-order valence-electron chi connectivity index (χ2n) is 17.8. The van der Waals surface area contributed by atoms with Crippen molar-refractivity contribution < 1.29 is 0 Å². The molecular formula is C59H43N5Si. The smallest absolute Gasteiger partial charge is 0.179 e. The molecule has 0 unspecified atom stereocenters. The number of rotatable bonds is 6. The molecule has 0 atom stereocenters. The molecule has 0 fully saturated rings. The highest BCUT2D eigenvalue weighted by atomic mass is 28.3. The van der Waals surface area contributed by atoms with Crippen molar-refractivity contribution in [1.82, 2.24) is 18.9 Å². The first-order valence-corrected chi connectivity index (χ1v) is 24.4. The number of anilines is 3. The quantitative estimate of drug-likeness (QED) is 0.0950. The number of imidazole rings is 1. The van der Waals surface area contributed by atoms with E-state index in [4.69, 9.17) is 9.97 Å². The van der Waals surface area contributed by atoms with Crippen LogP contribution in [0.4, 0.5) is 17.1 Å². The fourth-order valence-corrected chi connectivity index (χ4v) is 16.0. The third-order valence-corrected chi connectivity index (χ3v) is 18.9. The third kappa shape index (κ3) is 5.38. The van der Waals surface area contributed by atoms with Crippen LogP contribution >= 0.6 is 0 Å². The zero-order valence-electron chi connectivity index (χ0n) is 36.1. The molecule has 0 saturated heterocycles. The van der Waals surface area contributed by atoms with E-state index in [1.807, 2.05) is 12.4 Å².